The predicted octanol–water partition coefficient (Wildman–Crippen LogP) is 0.394. The van der Waals surface area contributed by atoms with E-state index in [0.717, 1.165) is 10.5 Å². The number of allylic oxidation sites excluding steroid dienone is 1. The van der Waals surface area contributed by atoms with Crippen molar-refractivity contribution in [3.8, 4) is 5.75 Å². The molecular weight excluding hydrogens is 426 g/mol. The van der Waals surface area contributed by atoms with Gasteiger partial charge in [0.1, 0.15) is 24.4 Å². The van der Waals surface area contributed by atoms with Gasteiger partial charge in [0.2, 0.25) is 11.8 Å². The molecule has 0 saturated heterocycles. The molecule has 1 rings (SSSR count). The van der Waals surface area contributed by atoms with E-state index >= 15 is 0 Å². The maximum absolute atomic E-state index is 12.4. The molecule has 2 amide bonds. The first kappa shape index (κ1) is 26.0. The van der Waals surface area contributed by atoms with Gasteiger partial charge in [-0.05, 0) is 30.5 Å². The van der Waals surface area contributed by atoms with Crippen LogP contribution < -0.4 is 21.1 Å². The van der Waals surface area contributed by atoms with E-state index in [4.69, 9.17) is 20.7 Å². The molecule has 6 N–H and O–H groups in total. The Morgan fingerprint density at radius 2 is 2.00 bits per heavy atom. The molecule has 0 aromatic heterocycles. The number of ether oxygens (including phenoxy) is 1. The highest BCUT2D eigenvalue weighted by molar-refractivity contribution is 7.99. The minimum Gasteiger partial charge on any atom is -0.496 e. The lowest BCUT2D eigenvalue weighted by atomic mass is 10.1. The highest BCUT2D eigenvalue weighted by atomic mass is 32.2. The van der Waals surface area contributed by atoms with Crippen molar-refractivity contribution in [2.24, 2.45) is 5.73 Å². The van der Waals surface area contributed by atoms with Crippen molar-refractivity contribution in [2.75, 3.05) is 19.4 Å². The van der Waals surface area contributed by atoms with Crippen LogP contribution in [0.25, 0.3) is 0 Å². The third-order valence-electron chi connectivity index (χ3n) is 4.08. The fourth-order valence-corrected chi connectivity index (χ4v) is 3.47. The number of carboxylic acid groups (broad SMARTS) is 2. The van der Waals surface area contributed by atoms with Crippen LogP contribution in [0, 0.1) is 0 Å². The quantitative estimate of drug-likeness (QED) is 0.198. The van der Waals surface area contributed by atoms with Crippen molar-refractivity contribution >= 4 is 35.5 Å². The van der Waals surface area contributed by atoms with Crippen molar-refractivity contribution in [1.82, 2.24) is 10.6 Å². The number of carboxylic acids is 2. The maximum atomic E-state index is 12.4. The van der Waals surface area contributed by atoms with Crippen LogP contribution >= 0.6 is 11.8 Å². The van der Waals surface area contributed by atoms with E-state index in [1.54, 1.807) is 6.08 Å². The van der Waals surface area contributed by atoms with Gasteiger partial charge in [-0.2, -0.15) is 0 Å². The molecule has 0 aliphatic heterocycles. The molecule has 0 aliphatic rings. The largest absolute Gasteiger partial charge is 0.496 e. The molecule has 10 nitrogen and oxygen atoms in total. The Kier molecular flexibility index (Phi) is 11.1. The van der Waals surface area contributed by atoms with Crippen molar-refractivity contribution in [3.05, 3.63) is 36.4 Å². The number of amides is 2. The van der Waals surface area contributed by atoms with E-state index in [1.165, 1.54) is 18.9 Å². The molecule has 0 unspecified atom stereocenters. The van der Waals surface area contributed by atoms with Crippen LogP contribution in [0.2, 0.25) is 0 Å². The Labute approximate surface area is 184 Å². The first-order valence-corrected chi connectivity index (χ1v) is 10.3. The highest BCUT2D eigenvalue weighted by Gasteiger charge is 2.23. The Balaban J connectivity index is 2.85. The number of carbonyl (C=O) groups excluding carboxylic acids is 2. The van der Waals surface area contributed by atoms with Gasteiger partial charge >= 0.3 is 11.9 Å². The molecule has 1 aromatic carbocycles. The molecule has 0 heterocycles. The monoisotopic (exact) mass is 453 g/mol. The molecule has 0 bridgehead atoms. The molecule has 0 radical (unpaired) electrons. The minimum atomic E-state index is -1.23. The number of carbonyl (C=O) groups is 4. The summed E-state index contributed by atoms with van der Waals surface area (Å²) in [6.45, 7) is 3.09. The van der Waals surface area contributed by atoms with Crippen LogP contribution in [0.1, 0.15) is 18.4 Å². The second kappa shape index (κ2) is 13.3. The maximum Gasteiger partial charge on any atom is 0.322 e. The average molecular weight is 454 g/mol. The van der Waals surface area contributed by atoms with Crippen LogP contribution in [0.5, 0.6) is 5.75 Å². The topological polar surface area (TPSA) is 168 Å². The number of thioether (sulfide) groups is 1. The van der Waals surface area contributed by atoms with Gasteiger partial charge in [0, 0.05) is 17.1 Å². The van der Waals surface area contributed by atoms with Gasteiger partial charge in [-0.25, -0.2) is 0 Å². The van der Waals surface area contributed by atoms with Crippen LogP contribution in [0.15, 0.2) is 35.7 Å². The van der Waals surface area contributed by atoms with E-state index in [1.807, 2.05) is 18.2 Å². The second-order valence-corrected chi connectivity index (χ2v) is 7.57. The summed E-state index contributed by atoms with van der Waals surface area (Å²) in [5.41, 5.74) is 6.38. The Morgan fingerprint density at radius 3 is 2.58 bits per heavy atom. The zero-order chi connectivity index (χ0) is 23.4. The normalized spacial score (nSPS) is 12.3. The van der Waals surface area contributed by atoms with E-state index in [2.05, 4.69) is 17.2 Å². The van der Waals surface area contributed by atoms with Gasteiger partial charge in [-0.3, -0.25) is 19.2 Å². The molecule has 2 atom stereocenters. The van der Waals surface area contributed by atoms with Crippen molar-refractivity contribution in [3.63, 3.8) is 0 Å². The summed E-state index contributed by atoms with van der Waals surface area (Å²) < 4.78 is 5.38. The standard InChI is InChI=1S/C20H27N3O7S/c1-3-4-12-5-7-16(15(9-12)30-2)31-11-14(19(27)22-10-18(25)26)23-17(24)8-6-13(21)20(28)29/h3,5,7,9,13-14H,1,4,6,8,10-11,21H2,2H3,(H,22,27)(H,23,24)(H,25,26)(H,28,29)/t13-,14-/m0/s1. The third kappa shape index (κ3) is 9.53. The number of benzene rings is 1. The van der Waals surface area contributed by atoms with Gasteiger partial charge in [0.15, 0.2) is 0 Å². The average Bonchev–Trinajstić information content (AvgIpc) is 2.73. The smallest absolute Gasteiger partial charge is 0.322 e. The Hall–Kier alpha value is -3.05. The van der Waals surface area contributed by atoms with E-state index in [9.17, 15) is 19.2 Å². The SMILES string of the molecule is C=CCc1ccc(SC[C@H](NC(=O)CC[C@H](N)C(=O)O)C(=O)NCC(=O)O)c(OC)c1. The van der Waals surface area contributed by atoms with Crippen molar-refractivity contribution < 1.29 is 34.1 Å². The first-order valence-electron chi connectivity index (χ1n) is 9.35. The number of rotatable bonds is 14. The van der Waals surface area contributed by atoms with Crippen LogP contribution in [-0.4, -0.2) is 65.5 Å². The second-order valence-electron chi connectivity index (χ2n) is 6.50. The molecular formula is C20H27N3O7S. The first-order chi connectivity index (χ1) is 14.7. The number of methoxy groups -OCH3 is 1. The summed E-state index contributed by atoms with van der Waals surface area (Å²) in [6, 6.07) is 3.31. The number of nitrogens with one attached hydrogen (secondary N) is 2. The Bertz CT molecular complexity index is 816. The van der Waals surface area contributed by atoms with Crippen molar-refractivity contribution in [2.45, 2.75) is 36.2 Å². The summed E-state index contributed by atoms with van der Waals surface area (Å²) in [4.78, 5) is 46.8. The molecule has 1 aromatic rings. The van der Waals surface area contributed by atoms with E-state index in [0.29, 0.717) is 12.2 Å². The molecule has 0 saturated carbocycles. The zero-order valence-corrected chi connectivity index (χ0v) is 17.9. The number of hydrogen-bond donors (Lipinski definition) is 5. The minimum absolute atomic E-state index is 0.0966. The van der Waals surface area contributed by atoms with Gasteiger partial charge in [0.05, 0.1) is 7.11 Å². The predicted molar refractivity (Wildman–Crippen MR) is 115 cm³/mol. The van der Waals surface area contributed by atoms with Gasteiger partial charge in [-0.1, -0.05) is 12.1 Å². The zero-order valence-electron chi connectivity index (χ0n) is 17.1. The summed E-state index contributed by atoms with van der Waals surface area (Å²) in [7, 11) is 1.52. The summed E-state index contributed by atoms with van der Waals surface area (Å²) in [5, 5.41) is 22.3. The fourth-order valence-electron chi connectivity index (χ4n) is 2.44. The molecule has 11 heteroatoms. The summed E-state index contributed by atoms with van der Waals surface area (Å²) in [6.07, 6.45) is 2.13. The molecule has 170 valence electrons. The number of nitrogens with two attached hydrogens (primary N) is 1. The van der Waals surface area contributed by atoms with Crippen LogP contribution in [-0.2, 0) is 25.6 Å². The molecule has 0 fully saturated rings. The Morgan fingerprint density at radius 1 is 1.29 bits per heavy atom. The highest BCUT2D eigenvalue weighted by Crippen LogP contribution is 2.31. The van der Waals surface area contributed by atoms with Crippen molar-refractivity contribution in [1.29, 1.82) is 0 Å². The lowest BCUT2D eigenvalue weighted by molar-refractivity contribution is -0.139. The third-order valence-corrected chi connectivity index (χ3v) is 5.23. The van der Waals surface area contributed by atoms with Crippen LogP contribution in [0.3, 0.4) is 0 Å². The lowest BCUT2D eigenvalue weighted by Gasteiger charge is -2.19. The van der Waals surface area contributed by atoms with Gasteiger partial charge in [-0.15, -0.1) is 18.3 Å². The van der Waals surface area contributed by atoms with E-state index in [-0.39, 0.29) is 18.6 Å². The van der Waals surface area contributed by atoms with Gasteiger partial charge in [0.25, 0.3) is 0 Å². The number of hydrogen-bond acceptors (Lipinski definition) is 7. The molecule has 31 heavy (non-hydrogen) atoms. The lowest BCUT2D eigenvalue weighted by Crippen LogP contribution is -2.49. The summed E-state index contributed by atoms with van der Waals surface area (Å²) >= 11 is 1.25. The molecule has 0 aliphatic carbocycles. The summed E-state index contributed by atoms with van der Waals surface area (Å²) in [5.74, 6) is -3.01. The molecule has 0 spiro atoms. The van der Waals surface area contributed by atoms with E-state index < -0.39 is 42.4 Å². The van der Waals surface area contributed by atoms with Crippen LogP contribution in [0.4, 0.5) is 0 Å². The van der Waals surface area contributed by atoms with Gasteiger partial charge < -0.3 is 31.3 Å². The number of aliphatic carboxylic acids is 2. The fraction of sp³-hybridized carbons (Fsp3) is 0.400.